The highest BCUT2D eigenvalue weighted by atomic mass is 79.9. The number of carbonyl (C=O) groups excluding carboxylic acids is 1. The van der Waals surface area contributed by atoms with Crippen molar-refractivity contribution in [1.82, 2.24) is 0 Å². The van der Waals surface area contributed by atoms with Crippen LogP contribution in [0.25, 0.3) is 12.2 Å². The second kappa shape index (κ2) is 6.95. The first-order valence-electron chi connectivity index (χ1n) is 6.95. The van der Waals surface area contributed by atoms with Gasteiger partial charge >= 0.3 is 0 Å². The molecule has 5 heteroatoms. The Bertz CT molecular complexity index is 705. The normalized spacial score (nSPS) is 22.7. The number of Topliss-reactive ketones (excluding diaryl/α,β-unsaturated/α-hetero) is 1. The van der Waals surface area contributed by atoms with Gasteiger partial charge in [0.15, 0.2) is 5.78 Å². The molecule has 1 nitrogen and oxygen atoms in total. The van der Waals surface area contributed by atoms with Gasteiger partial charge in [-0.1, -0.05) is 6.92 Å². The molecule has 0 aromatic carbocycles. The van der Waals surface area contributed by atoms with Crippen molar-refractivity contribution < 1.29 is 4.79 Å². The summed E-state index contributed by atoms with van der Waals surface area (Å²) in [6.07, 6.45) is 5.82. The van der Waals surface area contributed by atoms with Gasteiger partial charge in [-0.3, -0.25) is 4.79 Å². The lowest BCUT2D eigenvalue weighted by Crippen LogP contribution is -2.17. The molecule has 1 aliphatic rings. The summed E-state index contributed by atoms with van der Waals surface area (Å²) in [4.78, 5) is 15.0. The molecule has 0 amide bonds. The Balaban J connectivity index is 1.91. The molecule has 0 saturated heterocycles. The summed E-state index contributed by atoms with van der Waals surface area (Å²) in [6, 6.07) is 4.12. The van der Waals surface area contributed by atoms with Crippen LogP contribution in [0.1, 0.15) is 29.5 Å². The fourth-order valence-electron chi connectivity index (χ4n) is 2.61. The highest BCUT2D eigenvalue weighted by molar-refractivity contribution is 9.10. The van der Waals surface area contributed by atoms with E-state index in [4.69, 9.17) is 0 Å². The summed E-state index contributed by atoms with van der Waals surface area (Å²) in [5.74, 6) is 0.703. The van der Waals surface area contributed by atoms with Gasteiger partial charge in [0.05, 0.1) is 0 Å². The third-order valence-electron chi connectivity index (χ3n) is 3.53. The summed E-state index contributed by atoms with van der Waals surface area (Å²) in [5, 5.41) is 4.09. The smallest absolute Gasteiger partial charge is 0.185 e. The van der Waals surface area contributed by atoms with Crippen LogP contribution in [0.2, 0.25) is 0 Å². The van der Waals surface area contributed by atoms with E-state index in [0.29, 0.717) is 5.92 Å². The van der Waals surface area contributed by atoms with Gasteiger partial charge in [-0.15, -0.1) is 22.7 Å². The number of allylic oxidation sites excluding steroid dienone is 2. The summed E-state index contributed by atoms with van der Waals surface area (Å²) in [5.41, 5.74) is 1.85. The molecule has 2 aromatic heterocycles. The van der Waals surface area contributed by atoms with Gasteiger partial charge in [0, 0.05) is 40.6 Å². The monoisotopic (exact) mass is 456 g/mol. The number of halogens is 2. The lowest BCUT2D eigenvalue weighted by molar-refractivity contribution is -0.113. The molecule has 0 atom stereocenters. The first-order chi connectivity index (χ1) is 10.5. The Morgan fingerprint density at radius 1 is 1.00 bits per heavy atom. The van der Waals surface area contributed by atoms with Crippen LogP contribution < -0.4 is 0 Å². The summed E-state index contributed by atoms with van der Waals surface area (Å²) in [7, 11) is 0. The van der Waals surface area contributed by atoms with E-state index in [1.807, 2.05) is 22.9 Å². The van der Waals surface area contributed by atoms with Crippen molar-refractivity contribution in [3.63, 3.8) is 0 Å². The first-order valence-corrected chi connectivity index (χ1v) is 10.3. The van der Waals surface area contributed by atoms with Gasteiger partial charge in [0.1, 0.15) is 0 Å². The van der Waals surface area contributed by atoms with E-state index in [1.165, 1.54) is 0 Å². The predicted octanol–water partition coefficient (Wildman–Crippen LogP) is 6.80. The van der Waals surface area contributed by atoms with Gasteiger partial charge in [-0.25, -0.2) is 0 Å². The Hall–Kier alpha value is -0.490. The van der Waals surface area contributed by atoms with Crippen molar-refractivity contribution >= 4 is 72.5 Å². The van der Waals surface area contributed by atoms with Crippen LogP contribution in [0.15, 0.2) is 43.0 Å². The second-order valence-corrected chi connectivity index (χ2v) is 9.23. The molecule has 0 spiro atoms. The van der Waals surface area contributed by atoms with Gasteiger partial charge < -0.3 is 0 Å². The van der Waals surface area contributed by atoms with Crippen molar-refractivity contribution in [3.05, 3.63) is 52.7 Å². The molecule has 22 heavy (non-hydrogen) atoms. The van der Waals surface area contributed by atoms with Crippen LogP contribution in [-0.2, 0) is 4.79 Å². The van der Waals surface area contributed by atoms with Crippen LogP contribution >= 0.6 is 54.5 Å². The summed E-state index contributed by atoms with van der Waals surface area (Å²) >= 11 is 10.2. The van der Waals surface area contributed by atoms with E-state index in [2.05, 4.69) is 50.9 Å². The topological polar surface area (TPSA) is 17.1 Å². The van der Waals surface area contributed by atoms with Crippen molar-refractivity contribution in [2.45, 2.75) is 19.8 Å². The standard InChI is InChI=1S/C17H14Br2OS2/c1-10-2-11(4-15-6-13(18)8-21-15)17(20)12(3-10)5-16-7-14(19)9-22-16/h4-10H,2-3H2,1H3/b11-4+,12-5+. The Morgan fingerprint density at radius 3 is 1.82 bits per heavy atom. The average Bonchev–Trinajstić information content (AvgIpc) is 3.04. The molecule has 0 aliphatic heterocycles. The maximum Gasteiger partial charge on any atom is 0.185 e. The molecule has 114 valence electrons. The zero-order valence-corrected chi connectivity index (χ0v) is 16.7. The molecular weight excluding hydrogens is 444 g/mol. The molecule has 0 bridgehead atoms. The molecule has 0 radical (unpaired) electrons. The van der Waals surface area contributed by atoms with Crippen LogP contribution in [0.3, 0.4) is 0 Å². The number of thiophene rings is 2. The average molecular weight is 458 g/mol. The molecule has 1 fully saturated rings. The third kappa shape index (κ3) is 3.88. The van der Waals surface area contributed by atoms with Crippen LogP contribution in [0.4, 0.5) is 0 Å². The van der Waals surface area contributed by atoms with Crippen molar-refractivity contribution in [2.75, 3.05) is 0 Å². The fourth-order valence-corrected chi connectivity index (χ4v) is 5.42. The Morgan fingerprint density at radius 2 is 1.45 bits per heavy atom. The van der Waals surface area contributed by atoms with Crippen LogP contribution in [0.5, 0.6) is 0 Å². The molecule has 3 rings (SSSR count). The maximum absolute atomic E-state index is 12.7. The van der Waals surface area contributed by atoms with Crippen molar-refractivity contribution in [2.24, 2.45) is 5.92 Å². The Kier molecular flexibility index (Phi) is 5.17. The van der Waals surface area contributed by atoms with Gasteiger partial charge in [0.25, 0.3) is 0 Å². The number of hydrogen-bond acceptors (Lipinski definition) is 3. The van der Waals surface area contributed by atoms with Crippen LogP contribution in [-0.4, -0.2) is 5.78 Å². The SMILES string of the molecule is CC1C/C(=C\c2cc(Br)cs2)C(=O)/C(=C/c2cc(Br)cs2)C1. The number of carbonyl (C=O) groups is 1. The number of ketones is 1. The van der Waals surface area contributed by atoms with Gasteiger partial charge in [-0.2, -0.15) is 0 Å². The van der Waals surface area contributed by atoms with E-state index in [1.54, 1.807) is 22.7 Å². The van der Waals surface area contributed by atoms with E-state index < -0.39 is 0 Å². The molecular formula is C17H14Br2OS2. The molecule has 0 unspecified atom stereocenters. The van der Waals surface area contributed by atoms with Crippen molar-refractivity contribution in [3.8, 4) is 0 Å². The molecule has 1 saturated carbocycles. The molecule has 2 aromatic rings. The minimum Gasteiger partial charge on any atom is -0.289 e. The van der Waals surface area contributed by atoms with E-state index in [0.717, 1.165) is 42.7 Å². The highest BCUT2D eigenvalue weighted by Crippen LogP contribution is 2.34. The number of rotatable bonds is 2. The van der Waals surface area contributed by atoms with Crippen molar-refractivity contribution in [1.29, 1.82) is 0 Å². The van der Waals surface area contributed by atoms with Gasteiger partial charge in [0.2, 0.25) is 0 Å². The fraction of sp³-hybridized carbons (Fsp3) is 0.235. The van der Waals surface area contributed by atoms with E-state index >= 15 is 0 Å². The van der Waals surface area contributed by atoms with E-state index in [9.17, 15) is 4.79 Å². The predicted molar refractivity (Wildman–Crippen MR) is 103 cm³/mol. The van der Waals surface area contributed by atoms with Crippen LogP contribution in [0, 0.1) is 5.92 Å². The highest BCUT2D eigenvalue weighted by Gasteiger charge is 2.25. The second-order valence-electron chi connectivity index (χ2n) is 5.52. The van der Waals surface area contributed by atoms with E-state index in [-0.39, 0.29) is 5.78 Å². The minimum absolute atomic E-state index is 0.201. The first kappa shape index (κ1) is 16.4. The van der Waals surface area contributed by atoms with Gasteiger partial charge in [-0.05, 0) is 74.9 Å². The summed E-state index contributed by atoms with van der Waals surface area (Å²) < 4.78 is 2.14. The molecule has 2 heterocycles. The number of hydrogen-bond donors (Lipinski definition) is 0. The molecule has 1 aliphatic carbocycles. The molecule has 0 N–H and O–H groups in total. The Labute approximate surface area is 155 Å². The lowest BCUT2D eigenvalue weighted by atomic mass is 9.81. The third-order valence-corrected chi connectivity index (χ3v) is 6.81. The maximum atomic E-state index is 12.7. The zero-order chi connectivity index (χ0) is 15.7. The lowest BCUT2D eigenvalue weighted by Gasteiger charge is -2.22. The minimum atomic E-state index is 0.201. The zero-order valence-electron chi connectivity index (χ0n) is 11.9. The largest absolute Gasteiger partial charge is 0.289 e. The quantitative estimate of drug-likeness (QED) is 0.453. The summed E-state index contributed by atoms with van der Waals surface area (Å²) in [6.45, 7) is 2.21.